The quantitative estimate of drug-likeness (QED) is 0.480. The fourth-order valence-electron chi connectivity index (χ4n) is 1.46. The van der Waals surface area contributed by atoms with Crippen LogP contribution >= 0.6 is 0 Å². The lowest BCUT2D eigenvalue weighted by molar-refractivity contribution is 0.759. The average molecular weight is 176 g/mol. The first-order valence-electron chi connectivity index (χ1n) is 5.45. The van der Waals surface area contributed by atoms with Gasteiger partial charge in [-0.1, -0.05) is 36.5 Å². The van der Waals surface area contributed by atoms with Crippen molar-refractivity contribution in [3.05, 3.63) is 36.5 Å². The minimum Gasteiger partial charge on any atom is -0.0885 e. The van der Waals surface area contributed by atoms with Gasteiger partial charge in [-0.25, -0.2) is 0 Å². The van der Waals surface area contributed by atoms with Crippen molar-refractivity contribution in [3.63, 3.8) is 0 Å². The van der Waals surface area contributed by atoms with Gasteiger partial charge in [0.1, 0.15) is 0 Å². The Bertz CT molecular complexity index is 184. The molecule has 72 valence electrons. The van der Waals surface area contributed by atoms with E-state index in [9.17, 15) is 0 Å². The second kappa shape index (κ2) is 7.85. The Morgan fingerprint density at radius 3 is 1.62 bits per heavy atom. The van der Waals surface area contributed by atoms with Crippen LogP contribution in [0.15, 0.2) is 36.5 Å². The summed E-state index contributed by atoms with van der Waals surface area (Å²) in [6, 6.07) is 0. The summed E-state index contributed by atoms with van der Waals surface area (Å²) in [6.07, 6.45) is 22.5. The topological polar surface area (TPSA) is 0 Å². The Kier molecular flexibility index (Phi) is 6.22. The first-order chi connectivity index (χ1) is 6.50. The summed E-state index contributed by atoms with van der Waals surface area (Å²) < 4.78 is 0. The van der Waals surface area contributed by atoms with E-state index in [1.54, 1.807) is 0 Å². The zero-order valence-electron chi connectivity index (χ0n) is 8.41. The third kappa shape index (κ3) is 6.39. The van der Waals surface area contributed by atoms with E-state index in [4.69, 9.17) is 0 Å². The molecule has 0 N–H and O–H groups in total. The lowest BCUT2D eigenvalue weighted by atomic mass is 10.1. The van der Waals surface area contributed by atoms with Crippen molar-refractivity contribution in [3.8, 4) is 0 Å². The van der Waals surface area contributed by atoms with E-state index in [0.717, 1.165) is 6.42 Å². The van der Waals surface area contributed by atoms with Crippen molar-refractivity contribution < 1.29 is 0 Å². The maximum absolute atomic E-state index is 2.33. The summed E-state index contributed by atoms with van der Waals surface area (Å²) in [4.78, 5) is 0. The Labute approximate surface area is 82.0 Å². The van der Waals surface area contributed by atoms with Gasteiger partial charge in [0.25, 0.3) is 0 Å². The monoisotopic (exact) mass is 176 g/mol. The van der Waals surface area contributed by atoms with Crippen LogP contribution in [0.3, 0.4) is 0 Å². The van der Waals surface area contributed by atoms with Crippen molar-refractivity contribution in [1.29, 1.82) is 0 Å². The van der Waals surface area contributed by atoms with E-state index in [-0.39, 0.29) is 0 Å². The summed E-state index contributed by atoms with van der Waals surface area (Å²) >= 11 is 0. The largest absolute Gasteiger partial charge is 0.0885 e. The predicted octanol–water partition coefficient (Wildman–Crippen LogP) is 4.40. The number of hydrogen-bond donors (Lipinski definition) is 0. The van der Waals surface area contributed by atoms with E-state index < -0.39 is 0 Å². The highest BCUT2D eigenvalue weighted by Gasteiger charge is 1.84. The van der Waals surface area contributed by atoms with Gasteiger partial charge in [0.2, 0.25) is 0 Å². The normalized spacial score (nSPS) is 27.7. The lowest BCUT2D eigenvalue weighted by Gasteiger charge is -1.92. The highest BCUT2D eigenvalue weighted by Crippen LogP contribution is 2.04. The standard InChI is InChI=1S/C13H20/c1-2-4-6-8-10-12-13-11-9-7-5-3-1/h1-2,5,7-8,10H,3-4,6,9,11-13H2/b2-1+,7-5+,10-8-. The minimum absolute atomic E-state index is 1.11. The molecule has 0 nitrogen and oxygen atoms in total. The highest BCUT2D eigenvalue weighted by molar-refractivity contribution is 4.94. The van der Waals surface area contributed by atoms with Crippen LogP contribution in [0, 0.1) is 0 Å². The van der Waals surface area contributed by atoms with Crippen LogP contribution in [-0.4, -0.2) is 0 Å². The molecule has 1 aliphatic rings. The maximum atomic E-state index is 2.33. The molecule has 13 heavy (non-hydrogen) atoms. The van der Waals surface area contributed by atoms with Gasteiger partial charge in [-0.15, -0.1) is 0 Å². The van der Waals surface area contributed by atoms with Crippen LogP contribution in [-0.2, 0) is 0 Å². The second-order valence-electron chi connectivity index (χ2n) is 3.51. The molecule has 0 aromatic heterocycles. The van der Waals surface area contributed by atoms with E-state index >= 15 is 0 Å². The summed E-state index contributed by atoms with van der Waals surface area (Å²) in [6.45, 7) is 0. The molecule has 0 aliphatic heterocycles. The molecule has 0 saturated heterocycles. The molecule has 0 bridgehead atoms. The summed E-state index contributed by atoms with van der Waals surface area (Å²) in [5, 5.41) is 0. The van der Waals surface area contributed by atoms with Gasteiger partial charge in [0, 0.05) is 0 Å². The summed E-state index contributed by atoms with van der Waals surface area (Å²) in [7, 11) is 0. The van der Waals surface area contributed by atoms with E-state index in [0.29, 0.717) is 0 Å². The van der Waals surface area contributed by atoms with Crippen LogP contribution < -0.4 is 0 Å². The maximum Gasteiger partial charge on any atom is -0.0169 e. The Morgan fingerprint density at radius 2 is 0.923 bits per heavy atom. The third-order valence-corrected chi connectivity index (χ3v) is 2.26. The summed E-state index contributed by atoms with van der Waals surface area (Å²) in [5.41, 5.74) is 0. The molecular formula is C13H20. The van der Waals surface area contributed by atoms with E-state index in [2.05, 4.69) is 36.5 Å². The lowest BCUT2D eigenvalue weighted by Crippen LogP contribution is -1.72. The molecule has 1 rings (SSSR count). The van der Waals surface area contributed by atoms with E-state index in [1.807, 2.05) is 0 Å². The smallest absolute Gasteiger partial charge is 0.0169 e. The molecule has 0 spiro atoms. The first kappa shape index (κ1) is 10.3. The molecular weight excluding hydrogens is 156 g/mol. The van der Waals surface area contributed by atoms with Gasteiger partial charge in [0.05, 0.1) is 0 Å². The molecule has 0 atom stereocenters. The van der Waals surface area contributed by atoms with Crippen molar-refractivity contribution in [2.75, 3.05) is 0 Å². The number of hydrogen-bond acceptors (Lipinski definition) is 0. The van der Waals surface area contributed by atoms with Gasteiger partial charge >= 0.3 is 0 Å². The molecule has 0 heteroatoms. The van der Waals surface area contributed by atoms with Gasteiger partial charge in [-0.3, -0.25) is 0 Å². The molecule has 1 aliphatic carbocycles. The highest BCUT2D eigenvalue weighted by atomic mass is 13.9. The van der Waals surface area contributed by atoms with Crippen LogP contribution in [0.2, 0.25) is 0 Å². The van der Waals surface area contributed by atoms with Crippen LogP contribution in [0.5, 0.6) is 0 Å². The molecule has 0 unspecified atom stereocenters. The van der Waals surface area contributed by atoms with Gasteiger partial charge < -0.3 is 0 Å². The Hall–Kier alpha value is -0.780. The molecule has 0 saturated carbocycles. The fraction of sp³-hybridized carbons (Fsp3) is 0.538. The number of allylic oxidation sites excluding steroid dienone is 6. The molecule has 0 aromatic rings. The SMILES string of the molecule is C1=C\CCCC/C=C/C/C=C/CC/1. The van der Waals surface area contributed by atoms with Crippen LogP contribution in [0.1, 0.15) is 44.9 Å². The van der Waals surface area contributed by atoms with Crippen molar-refractivity contribution >= 4 is 0 Å². The predicted molar refractivity (Wildman–Crippen MR) is 59.7 cm³/mol. The van der Waals surface area contributed by atoms with Gasteiger partial charge in [-0.05, 0) is 44.9 Å². The van der Waals surface area contributed by atoms with Gasteiger partial charge in [0.15, 0.2) is 0 Å². The molecule has 0 amide bonds. The average Bonchev–Trinajstić information content (AvgIpc) is 2.18. The van der Waals surface area contributed by atoms with E-state index in [1.165, 1.54) is 38.5 Å². The molecule has 0 fully saturated rings. The third-order valence-electron chi connectivity index (χ3n) is 2.26. The molecule has 0 aromatic carbocycles. The number of rotatable bonds is 0. The fourth-order valence-corrected chi connectivity index (χ4v) is 1.46. The minimum atomic E-state index is 1.11. The first-order valence-corrected chi connectivity index (χ1v) is 5.45. The molecule has 0 radical (unpaired) electrons. The Morgan fingerprint density at radius 1 is 0.462 bits per heavy atom. The van der Waals surface area contributed by atoms with Crippen molar-refractivity contribution in [2.45, 2.75) is 44.9 Å². The second-order valence-corrected chi connectivity index (χ2v) is 3.51. The van der Waals surface area contributed by atoms with Crippen molar-refractivity contribution in [1.82, 2.24) is 0 Å². The van der Waals surface area contributed by atoms with Gasteiger partial charge in [-0.2, -0.15) is 0 Å². The van der Waals surface area contributed by atoms with Crippen molar-refractivity contribution in [2.24, 2.45) is 0 Å². The zero-order chi connectivity index (χ0) is 9.19. The molecule has 0 heterocycles. The van der Waals surface area contributed by atoms with Crippen LogP contribution in [0.4, 0.5) is 0 Å². The van der Waals surface area contributed by atoms with Crippen LogP contribution in [0.25, 0.3) is 0 Å². The zero-order valence-corrected chi connectivity index (χ0v) is 8.41. The Balaban J connectivity index is 2.28. The summed E-state index contributed by atoms with van der Waals surface area (Å²) in [5.74, 6) is 0.